The first kappa shape index (κ1) is 31.9. The van der Waals surface area contributed by atoms with Crippen LogP contribution in [0.25, 0.3) is 0 Å². The fourth-order valence-corrected chi connectivity index (χ4v) is 4.08. The fraction of sp³-hybridized carbons (Fsp3) is 0.931. The van der Waals surface area contributed by atoms with Crippen LogP contribution in [-0.4, -0.2) is 25.2 Å². The van der Waals surface area contributed by atoms with Gasteiger partial charge in [-0.05, 0) is 31.6 Å². The van der Waals surface area contributed by atoms with E-state index in [4.69, 9.17) is 9.47 Å². The second-order valence-electron chi connectivity index (χ2n) is 9.93. The first-order valence-corrected chi connectivity index (χ1v) is 14.4. The second kappa shape index (κ2) is 25.6. The number of esters is 2. The maximum Gasteiger partial charge on any atom is 0.305 e. The predicted octanol–water partition coefficient (Wildman–Crippen LogP) is 8.94. The molecule has 0 saturated carbocycles. The van der Waals surface area contributed by atoms with Crippen LogP contribution in [0.15, 0.2) is 0 Å². The largest absolute Gasteiger partial charge is 0.466 e. The molecule has 1 atom stereocenters. The molecule has 0 spiro atoms. The molecule has 0 rings (SSSR count). The van der Waals surface area contributed by atoms with E-state index in [-0.39, 0.29) is 11.9 Å². The molecule has 0 aliphatic carbocycles. The average molecular weight is 469 g/mol. The summed E-state index contributed by atoms with van der Waals surface area (Å²) < 4.78 is 10.5. The first-order valence-electron chi connectivity index (χ1n) is 14.4. The number of unbranched alkanes of at least 4 members (excludes halogenated alkanes) is 14. The molecule has 0 saturated heterocycles. The van der Waals surface area contributed by atoms with Gasteiger partial charge < -0.3 is 9.47 Å². The zero-order valence-electron chi connectivity index (χ0n) is 22.5. The molecule has 0 fully saturated rings. The van der Waals surface area contributed by atoms with Gasteiger partial charge in [0.1, 0.15) is 0 Å². The molecule has 0 aromatic heterocycles. The van der Waals surface area contributed by atoms with Crippen molar-refractivity contribution in [1.82, 2.24) is 0 Å². The van der Waals surface area contributed by atoms with Crippen LogP contribution in [0.3, 0.4) is 0 Å². The molecule has 4 heteroatoms. The molecule has 196 valence electrons. The van der Waals surface area contributed by atoms with Crippen molar-refractivity contribution < 1.29 is 19.1 Å². The van der Waals surface area contributed by atoms with Gasteiger partial charge in [0.2, 0.25) is 0 Å². The number of rotatable bonds is 25. The minimum Gasteiger partial charge on any atom is -0.466 e. The van der Waals surface area contributed by atoms with Crippen molar-refractivity contribution in [3.05, 3.63) is 0 Å². The summed E-state index contributed by atoms with van der Waals surface area (Å²) in [5, 5.41) is 0. The molecule has 0 aromatic rings. The minimum absolute atomic E-state index is 0.0131. The summed E-state index contributed by atoms with van der Waals surface area (Å²) in [5.41, 5.74) is 0. The number of hydrogen-bond donors (Lipinski definition) is 0. The van der Waals surface area contributed by atoms with E-state index < -0.39 is 0 Å². The van der Waals surface area contributed by atoms with Crippen LogP contribution in [0.4, 0.5) is 0 Å². The van der Waals surface area contributed by atoms with Gasteiger partial charge in [0.05, 0.1) is 13.2 Å². The third-order valence-electron chi connectivity index (χ3n) is 6.44. The normalized spacial score (nSPS) is 12.0. The van der Waals surface area contributed by atoms with E-state index in [0.29, 0.717) is 32.0 Å². The van der Waals surface area contributed by atoms with E-state index >= 15 is 0 Å². The molecule has 0 aliphatic rings. The lowest BCUT2D eigenvalue weighted by molar-refractivity contribution is -0.144. The molecule has 4 nitrogen and oxygen atoms in total. The third-order valence-corrected chi connectivity index (χ3v) is 6.44. The smallest absolute Gasteiger partial charge is 0.305 e. The molecule has 0 bridgehead atoms. The van der Waals surface area contributed by atoms with Gasteiger partial charge in [-0.1, -0.05) is 117 Å². The topological polar surface area (TPSA) is 52.6 Å². The Morgan fingerprint density at radius 3 is 1.42 bits per heavy atom. The number of ether oxygens (including phenoxy) is 2. The van der Waals surface area contributed by atoms with E-state index in [2.05, 4.69) is 20.8 Å². The van der Waals surface area contributed by atoms with E-state index in [1.54, 1.807) is 0 Å². The quantitative estimate of drug-likeness (QED) is 0.0991. The summed E-state index contributed by atoms with van der Waals surface area (Å²) in [5.74, 6) is 0.593. The Balaban J connectivity index is 3.28. The monoisotopic (exact) mass is 468 g/mol. The Kier molecular flexibility index (Phi) is 24.7. The fourth-order valence-electron chi connectivity index (χ4n) is 4.08. The zero-order valence-corrected chi connectivity index (χ0v) is 22.5. The molecule has 0 aromatic carbocycles. The highest BCUT2D eigenvalue weighted by molar-refractivity contribution is 5.69. The lowest BCUT2D eigenvalue weighted by Gasteiger charge is -2.11. The van der Waals surface area contributed by atoms with Gasteiger partial charge in [0.25, 0.3) is 0 Å². The summed E-state index contributed by atoms with van der Waals surface area (Å²) >= 11 is 0. The van der Waals surface area contributed by atoms with Crippen LogP contribution in [0.2, 0.25) is 0 Å². The highest BCUT2D eigenvalue weighted by Crippen LogP contribution is 2.17. The van der Waals surface area contributed by atoms with Crippen molar-refractivity contribution >= 4 is 11.9 Å². The van der Waals surface area contributed by atoms with E-state index in [1.807, 2.05) is 0 Å². The summed E-state index contributed by atoms with van der Waals surface area (Å²) in [6.45, 7) is 7.77. The molecule has 0 N–H and O–H groups in total. The van der Waals surface area contributed by atoms with Gasteiger partial charge in [-0.3, -0.25) is 9.59 Å². The van der Waals surface area contributed by atoms with Crippen molar-refractivity contribution in [2.24, 2.45) is 5.92 Å². The molecule has 0 radical (unpaired) electrons. The van der Waals surface area contributed by atoms with Gasteiger partial charge >= 0.3 is 11.9 Å². The van der Waals surface area contributed by atoms with Gasteiger partial charge in [-0.15, -0.1) is 0 Å². The molecule has 0 amide bonds. The Bertz CT molecular complexity index is 435. The molecule has 33 heavy (non-hydrogen) atoms. The first-order chi connectivity index (χ1) is 16.1. The van der Waals surface area contributed by atoms with Crippen LogP contribution in [-0.2, 0) is 19.1 Å². The van der Waals surface area contributed by atoms with Crippen molar-refractivity contribution in [2.75, 3.05) is 13.2 Å². The number of carbonyl (C=O) groups excluding carboxylic acids is 2. The number of hydrogen-bond acceptors (Lipinski definition) is 4. The second-order valence-corrected chi connectivity index (χ2v) is 9.93. The van der Waals surface area contributed by atoms with E-state index in [0.717, 1.165) is 57.8 Å². The van der Waals surface area contributed by atoms with Gasteiger partial charge in [-0.2, -0.15) is 0 Å². The number of carbonyl (C=O) groups is 2. The summed E-state index contributed by atoms with van der Waals surface area (Å²) in [4.78, 5) is 23.3. The average Bonchev–Trinajstić information content (AvgIpc) is 2.81. The van der Waals surface area contributed by atoms with Crippen molar-refractivity contribution in [2.45, 2.75) is 156 Å². The predicted molar refractivity (Wildman–Crippen MR) is 139 cm³/mol. The van der Waals surface area contributed by atoms with Crippen LogP contribution >= 0.6 is 0 Å². The SMILES string of the molecule is CCCCCOC(=O)CCCCCCCCCCCCCC(C)CCC(=O)OCCCCC. The van der Waals surface area contributed by atoms with E-state index in [9.17, 15) is 9.59 Å². The standard InChI is InChI=1S/C29H56O4/c1-4-6-19-25-32-28(30)22-18-16-14-12-10-8-9-11-13-15-17-21-27(3)23-24-29(31)33-26-20-7-5-2/h27H,4-26H2,1-3H3. The third kappa shape index (κ3) is 25.4. The van der Waals surface area contributed by atoms with E-state index in [1.165, 1.54) is 64.2 Å². The van der Waals surface area contributed by atoms with Gasteiger partial charge in [0, 0.05) is 12.8 Å². The lowest BCUT2D eigenvalue weighted by Crippen LogP contribution is -2.08. The van der Waals surface area contributed by atoms with Gasteiger partial charge in [-0.25, -0.2) is 0 Å². The van der Waals surface area contributed by atoms with Crippen molar-refractivity contribution in [3.8, 4) is 0 Å². The zero-order chi connectivity index (χ0) is 24.4. The highest BCUT2D eigenvalue weighted by Gasteiger charge is 2.08. The minimum atomic E-state index is -0.0155. The summed E-state index contributed by atoms with van der Waals surface area (Å²) in [7, 11) is 0. The Morgan fingerprint density at radius 1 is 0.515 bits per heavy atom. The van der Waals surface area contributed by atoms with Crippen LogP contribution in [0.1, 0.15) is 156 Å². The molecule has 0 heterocycles. The molecule has 0 aliphatic heterocycles. The van der Waals surface area contributed by atoms with Crippen LogP contribution in [0.5, 0.6) is 0 Å². The van der Waals surface area contributed by atoms with Gasteiger partial charge in [0.15, 0.2) is 0 Å². The Labute approximate surface area is 206 Å². The molecule has 1 unspecified atom stereocenters. The Morgan fingerprint density at radius 2 is 0.939 bits per heavy atom. The molecular formula is C29H56O4. The maximum atomic E-state index is 11.7. The molecular weight excluding hydrogens is 412 g/mol. The summed E-state index contributed by atoms with van der Waals surface area (Å²) in [6.07, 6.45) is 24.0. The Hall–Kier alpha value is -1.06. The van der Waals surface area contributed by atoms with Crippen molar-refractivity contribution in [3.63, 3.8) is 0 Å². The van der Waals surface area contributed by atoms with Crippen LogP contribution in [0, 0.1) is 5.92 Å². The van der Waals surface area contributed by atoms with Crippen LogP contribution < -0.4 is 0 Å². The maximum absolute atomic E-state index is 11.7. The highest BCUT2D eigenvalue weighted by atomic mass is 16.5. The summed E-state index contributed by atoms with van der Waals surface area (Å²) in [6, 6.07) is 0. The van der Waals surface area contributed by atoms with Crippen molar-refractivity contribution in [1.29, 1.82) is 0 Å². The lowest BCUT2D eigenvalue weighted by atomic mass is 9.97.